The topological polar surface area (TPSA) is 98.6 Å². The number of aryl methyl sites for hydroxylation is 3. The van der Waals surface area contributed by atoms with Crippen LogP contribution < -0.4 is 15.0 Å². The van der Waals surface area contributed by atoms with E-state index in [1.54, 1.807) is 23.9 Å². The van der Waals surface area contributed by atoms with Gasteiger partial charge in [-0.05, 0) is 43.5 Å². The van der Waals surface area contributed by atoms with Crippen molar-refractivity contribution in [3.63, 3.8) is 0 Å². The Labute approximate surface area is 180 Å². The van der Waals surface area contributed by atoms with Gasteiger partial charge in [-0.3, -0.25) is 9.69 Å². The molecular formula is C22H25N5O4. The Morgan fingerprint density at radius 1 is 1.29 bits per heavy atom. The number of pyridine rings is 1. The van der Waals surface area contributed by atoms with E-state index in [2.05, 4.69) is 15.4 Å². The molecule has 3 heterocycles. The standard InChI is InChI=1S/C22H25N5O4/c1-13-15(14(2)23-20-19(13)21(30-4)25-26(20)3)9-10-18(28)24-16-7-5-6-8-17(16)27-11-12-31-22(27)29/h5-8H,9-12H2,1-4H3,(H,24,28). The molecule has 1 N–H and O–H groups in total. The Balaban J connectivity index is 1.53. The average molecular weight is 423 g/mol. The maximum Gasteiger partial charge on any atom is 0.414 e. The molecule has 9 nitrogen and oxygen atoms in total. The number of benzene rings is 1. The smallest absolute Gasteiger partial charge is 0.414 e. The minimum absolute atomic E-state index is 0.142. The summed E-state index contributed by atoms with van der Waals surface area (Å²) < 4.78 is 12.1. The number of nitrogens with one attached hydrogen (secondary N) is 1. The third-order valence-corrected chi connectivity index (χ3v) is 5.55. The van der Waals surface area contributed by atoms with Gasteiger partial charge in [0, 0.05) is 19.2 Å². The van der Waals surface area contributed by atoms with Crippen LogP contribution >= 0.6 is 0 Å². The molecule has 1 aliphatic heterocycles. The first-order valence-electron chi connectivity index (χ1n) is 10.1. The lowest BCUT2D eigenvalue weighted by molar-refractivity contribution is -0.116. The van der Waals surface area contributed by atoms with Crippen LogP contribution in [0.4, 0.5) is 16.2 Å². The van der Waals surface area contributed by atoms with Crippen molar-refractivity contribution in [3.8, 4) is 5.88 Å². The first kappa shape index (κ1) is 20.6. The number of hydrogen-bond donors (Lipinski definition) is 1. The van der Waals surface area contributed by atoms with Gasteiger partial charge < -0.3 is 14.8 Å². The fourth-order valence-corrected chi connectivity index (χ4v) is 3.99. The number of ether oxygens (including phenoxy) is 2. The molecule has 0 saturated carbocycles. The minimum atomic E-state index is -0.405. The number of anilines is 2. The molecule has 9 heteroatoms. The largest absolute Gasteiger partial charge is 0.479 e. The number of methoxy groups -OCH3 is 1. The van der Waals surface area contributed by atoms with E-state index >= 15 is 0 Å². The third kappa shape index (κ3) is 3.78. The van der Waals surface area contributed by atoms with Gasteiger partial charge in [0.15, 0.2) is 5.65 Å². The normalized spacial score (nSPS) is 13.5. The number of nitrogens with zero attached hydrogens (tertiary/aromatic N) is 4. The monoisotopic (exact) mass is 423 g/mol. The van der Waals surface area contributed by atoms with Gasteiger partial charge in [-0.25, -0.2) is 14.5 Å². The quantitative estimate of drug-likeness (QED) is 0.654. The van der Waals surface area contributed by atoms with Crippen molar-refractivity contribution < 1.29 is 19.1 Å². The second kappa shape index (κ2) is 8.25. The SMILES string of the molecule is COc1nn(C)c2nc(C)c(CCC(=O)Nc3ccccc3N3CCOC3=O)c(C)c12. The van der Waals surface area contributed by atoms with Crippen LogP contribution in [-0.2, 0) is 23.0 Å². The van der Waals surface area contributed by atoms with Crippen molar-refractivity contribution in [1.82, 2.24) is 14.8 Å². The first-order chi connectivity index (χ1) is 14.9. The second-order valence-corrected chi connectivity index (χ2v) is 7.46. The maximum absolute atomic E-state index is 12.7. The number of carbonyl (C=O) groups is 2. The maximum atomic E-state index is 12.7. The summed E-state index contributed by atoms with van der Waals surface area (Å²) in [6, 6.07) is 7.22. The van der Waals surface area contributed by atoms with E-state index in [1.807, 2.05) is 33.0 Å². The van der Waals surface area contributed by atoms with E-state index in [0.29, 0.717) is 36.8 Å². The van der Waals surface area contributed by atoms with E-state index < -0.39 is 6.09 Å². The highest BCUT2D eigenvalue weighted by Crippen LogP contribution is 2.31. The number of aromatic nitrogens is 3. The number of amides is 2. The average Bonchev–Trinajstić information content (AvgIpc) is 3.31. The summed E-state index contributed by atoms with van der Waals surface area (Å²) in [7, 11) is 3.42. The number of carbonyl (C=O) groups excluding carboxylic acids is 2. The first-order valence-corrected chi connectivity index (χ1v) is 10.1. The predicted molar refractivity (Wildman–Crippen MR) is 117 cm³/mol. The van der Waals surface area contributed by atoms with Gasteiger partial charge >= 0.3 is 6.09 Å². The van der Waals surface area contributed by atoms with Crippen LogP contribution in [0.1, 0.15) is 23.2 Å². The minimum Gasteiger partial charge on any atom is -0.479 e. The molecule has 2 aromatic heterocycles. The fraction of sp³-hybridized carbons (Fsp3) is 0.364. The molecule has 1 aliphatic rings. The van der Waals surface area contributed by atoms with Gasteiger partial charge in [0.25, 0.3) is 0 Å². The molecule has 3 aromatic rings. The Morgan fingerprint density at radius 2 is 2.06 bits per heavy atom. The number of rotatable bonds is 6. The molecule has 0 atom stereocenters. The summed E-state index contributed by atoms with van der Waals surface area (Å²) in [5, 5.41) is 8.16. The highest BCUT2D eigenvalue weighted by molar-refractivity contribution is 5.99. The molecule has 1 saturated heterocycles. The van der Waals surface area contributed by atoms with Crippen LogP contribution in [-0.4, -0.2) is 47.0 Å². The molecule has 1 fully saturated rings. The Bertz CT molecular complexity index is 1170. The van der Waals surface area contributed by atoms with Crippen molar-refractivity contribution in [2.24, 2.45) is 7.05 Å². The molecule has 4 rings (SSSR count). The van der Waals surface area contributed by atoms with Gasteiger partial charge in [-0.2, -0.15) is 0 Å². The number of para-hydroxylation sites is 2. The summed E-state index contributed by atoms with van der Waals surface area (Å²) in [5.74, 6) is 0.386. The summed E-state index contributed by atoms with van der Waals surface area (Å²) in [5.41, 5.74) is 4.86. The highest BCUT2D eigenvalue weighted by Gasteiger charge is 2.26. The van der Waals surface area contributed by atoms with E-state index in [1.165, 1.54) is 4.90 Å². The summed E-state index contributed by atoms with van der Waals surface area (Å²) >= 11 is 0. The van der Waals surface area contributed by atoms with Gasteiger partial charge in [-0.1, -0.05) is 12.1 Å². The van der Waals surface area contributed by atoms with Crippen LogP contribution in [0.5, 0.6) is 5.88 Å². The van der Waals surface area contributed by atoms with Gasteiger partial charge in [0.2, 0.25) is 11.8 Å². The van der Waals surface area contributed by atoms with Crippen LogP contribution in [0.15, 0.2) is 24.3 Å². The summed E-state index contributed by atoms with van der Waals surface area (Å²) in [6.45, 7) is 4.74. The van der Waals surface area contributed by atoms with Crippen LogP contribution in [0.25, 0.3) is 11.0 Å². The van der Waals surface area contributed by atoms with Gasteiger partial charge in [0.1, 0.15) is 6.61 Å². The highest BCUT2D eigenvalue weighted by atomic mass is 16.6. The summed E-state index contributed by atoms with van der Waals surface area (Å²) in [4.78, 5) is 30.9. The molecule has 1 aromatic carbocycles. The zero-order chi connectivity index (χ0) is 22.1. The molecule has 0 spiro atoms. The second-order valence-electron chi connectivity index (χ2n) is 7.46. The van der Waals surface area contributed by atoms with E-state index in [4.69, 9.17) is 9.47 Å². The molecule has 0 aliphatic carbocycles. The lowest BCUT2D eigenvalue weighted by Gasteiger charge is -2.18. The van der Waals surface area contributed by atoms with Crippen LogP contribution in [0.3, 0.4) is 0 Å². The van der Waals surface area contributed by atoms with Crippen LogP contribution in [0.2, 0.25) is 0 Å². The Morgan fingerprint density at radius 3 is 2.77 bits per heavy atom. The van der Waals surface area contributed by atoms with Crippen molar-refractivity contribution in [1.29, 1.82) is 0 Å². The number of fused-ring (bicyclic) bond motifs is 1. The zero-order valence-electron chi connectivity index (χ0n) is 18.1. The fourth-order valence-electron chi connectivity index (χ4n) is 3.99. The lowest BCUT2D eigenvalue weighted by Crippen LogP contribution is -2.25. The molecule has 0 radical (unpaired) electrons. The summed E-state index contributed by atoms with van der Waals surface area (Å²) in [6.07, 6.45) is 0.395. The van der Waals surface area contributed by atoms with Gasteiger partial charge in [0.05, 0.1) is 30.4 Å². The van der Waals surface area contributed by atoms with Gasteiger partial charge in [-0.15, -0.1) is 5.10 Å². The van der Waals surface area contributed by atoms with Crippen molar-refractivity contribution in [3.05, 3.63) is 41.1 Å². The van der Waals surface area contributed by atoms with E-state index in [0.717, 1.165) is 27.9 Å². The molecule has 2 amide bonds. The Hall–Kier alpha value is -3.62. The van der Waals surface area contributed by atoms with Crippen molar-refractivity contribution in [2.45, 2.75) is 26.7 Å². The van der Waals surface area contributed by atoms with Crippen molar-refractivity contribution in [2.75, 3.05) is 30.5 Å². The predicted octanol–water partition coefficient (Wildman–Crippen LogP) is 3.12. The third-order valence-electron chi connectivity index (χ3n) is 5.55. The lowest BCUT2D eigenvalue weighted by atomic mass is 10.00. The molecule has 31 heavy (non-hydrogen) atoms. The molecule has 162 valence electrons. The number of hydrogen-bond acceptors (Lipinski definition) is 6. The van der Waals surface area contributed by atoms with Crippen molar-refractivity contribution >= 4 is 34.4 Å². The van der Waals surface area contributed by atoms with E-state index in [9.17, 15) is 9.59 Å². The van der Waals surface area contributed by atoms with E-state index in [-0.39, 0.29) is 12.3 Å². The molecule has 0 unspecified atom stereocenters. The zero-order valence-corrected chi connectivity index (χ0v) is 18.1. The number of cyclic esters (lactones) is 1. The molecular weight excluding hydrogens is 398 g/mol. The molecule has 0 bridgehead atoms. The Kier molecular flexibility index (Phi) is 5.50. The van der Waals surface area contributed by atoms with Crippen LogP contribution in [0, 0.1) is 13.8 Å².